The van der Waals surface area contributed by atoms with Gasteiger partial charge in [-0.15, -0.1) is 0 Å². The summed E-state index contributed by atoms with van der Waals surface area (Å²) in [5.41, 5.74) is 0.965. The lowest BCUT2D eigenvalue weighted by Gasteiger charge is -2.09. The van der Waals surface area contributed by atoms with Crippen molar-refractivity contribution in [3.8, 4) is 0 Å². The number of carbonyl (C=O) groups is 1. The zero-order chi connectivity index (χ0) is 9.84. The van der Waals surface area contributed by atoms with E-state index in [1.54, 1.807) is 6.08 Å². The lowest BCUT2D eigenvalue weighted by molar-refractivity contribution is -0.117. The first kappa shape index (κ1) is 10.2. The van der Waals surface area contributed by atoms with Crippen LogP contribution in [0, 0.1) is 0 Å². The number of nitrogens with one attached hydrogen (secondary N) is 1. The molecular formula is C10H16FNO. The minimum Gasteiger partial charge on any atom is -0.350 e. The molecule has 3 heteroatoms. The number of hydrogen-bond acceptors (Lipinski definition) is 1. The lowest BCUT2D eigenvalue weighted by Crippen LogP contribution is -2.31. The second kappa shape index (κ2) is 4.40. The zero-order valence-electron chi connectivity index (χ0n) is 8.14. The van der Waals surface area contributed by atoms with Gasteiger partial charge in [-0.3, -0.25) is 4.79 Å². The molecule has 0 saturated heterocycles. The molecule has 1 N–H and O–H groups in total. The van der Waals surface area contributed by atoms with Crippen molar-refractivity contribution in [2.75, 3.05) is 0 Å². The van der Waals surface area contributed by atoms with Gasteiger partial charge >= 0.3 is 0 Å². The first-order valence-corrected chi connectivity index (χ1v) is 4.67. The monoisotopic (exact) mass is 185 g/mol. The highest BCUT2D eigenvalue weighted by Gasteiger charge is 2.24. The summed E-state index contributed by atoms with van der Waals surface area (Å²) in [5, 5.41) is 2.79. The Labute approximate surface area is 78.2 Å². The van der Waals surface area contributed by atoms with E-state index in [-0.39, 0.29) is 11.9 Å². The molecule has 0 spiro atoms. The highest BCUT2D eigenvalue weighted by Crippen LogP contribution is 2.21. The third-order valence-electron chi connectivity index (χ3n) is 2.13. The summed E-state index contributed by atoms with van der Waals surface area (Å²) < 4.78 is 12.7. The third kappa shape index (κ3) is 3.57. The van der Waals surface area contributed by atoms with Gasteiger partial charge in [-0.1, -0.05) is 5.57 Å². The van der Waals surface area contributed by atoms with E-state index in [9.17, 15) is 9.18 Å². The summed E-state index contributed by atoms with van der Waals surface area (Å²) in [6, 6.07) is 0.0399. The van der Waals surface area contributed by atoms with E-state index in [1.807, 2.05) is 13.8 Å². The van der Waals surface area contributed by atoms with Crippen molar-refractivity contribution in [1.82, 2.24) is 5.32 Å². The largest absolute Gasteiger partial charge is 0.350 e. The van der Waals surface area contributed by atoms with Crippen LogP contribution >= 0.6 is 0 Å². The van der Waals surface area contributed by atoms with Crippen molar-refractivity contribution in [2.45, 2.75) is 45.3 Å². The van der Waals surface area contributed by atoms with Crippen molar-refractivity contribution in [3.05, 3.63) is 11.6 Å². The van der Waals surface area contributed by atoms with Gasteiger partial charge in [0, 0.05) is 12.1 Å². The van der Waals surface area contributed by atoms with Crippen LogP contribution in [0.1, 0.15) is 33.1 Å². The van der Waals surface area contributed by atoms with Gasteiger partial charge in [0.15, 0.2) is 0 Å². The standard InChI is InChI=1S/C10H16FNO/c1-7(2)5-10(13)12-9-4-3-8(11)6-9/h5,8-9H,3-4,6H2,1-2H3,(H,12,13). The molecule has 1 fully saturated rings. The Hall–Kier alpha value is -0.860. The van der Waals surface area contributed by atoms with Crippen molar-refractivity contribution >= 4 is 5.91 Å². The Morgan fingerprint density at radius 2 is 2.15 bits per heavy atom. The minimum atomic E-state index is -0.725. The molecule has 2 unspecified atom stereocenters. The van der Waals surface area contributed by atoms with E-state index in [2.05, 4.69) is 5.32 Å². The highest BCUT2D eigenvalue weighted by molar-refractivity contribution is 5.88. The van der Waals surface area contributed by atoms with Gasteiger partial charge in [-0.05, 0) is 33.1 Å². The number of halogens is 1. The number of alkyl halides is 1. The topological polar surface area (TPSA) is 29.1 Å². The fraction of sp³-hybridized carbons (Fsp3) is 0.700. The molecule has 2 nitrogen and oxygen atoms in total. The van der Waals surface area contributed by atoms with Crippen LogP contribution in [0.25, 0.3) is 0 Å². The molecule has 13 heavy (non-hydrogen) atoms. The SMILES string of the molecule is CC(C)=CC(=O)NC1CCC(F)C1. The third-order valence-corrected chi connectivity index (χ3v) is 2.13. The molecule has 1 amide bonds. The van der Waals surface area contributed by atoms with Gasteiger partial charge in [0.05, 0.1) is 0 Å². The smallest absolute Gasteiger partial charge is 0.244 e. The molecule has 0 heterocycles. The maximum Gasteiger partial charge on any atom is 0.244 e. The zero-order valence-corrected chi connectivity index (χ0v) is 8.14. The first-order chi connectivity index (χ1) is 6.08. The molecule has 0 aliphatic heterocycles. The number of allylic oxidation sites excluding steroid dienone is 1. The Bertz CT molecular complexity index is 221. The van der Waals surface area contributed by atoms with E-state index in [0.29, 0.717) is 12.8 Å². The first-order valence-electron chi connectivity index (χ1n) is 4.67. The maximum atomic E-state index is 12.7. The maximum absolute atomic E-state index is 12.7. The second-order valence-electron chi connectivity index (χ2n) is 3.84. The van der Waals surface area contributed by atoms with Gasteiger partial charge < -0.3 is 5.32 Å². The molecule has 1 aliphatic rings. The van der Waals surface area contributed by atoms with Gasteiger partial charge in [-0.25, -0.2) is 4.39 Å². The summed E-state index contributed by atoms with van der Waals surface area (Å²) in [6.45, 7) is 3.73. The number of rotatable bonds is 2. The predicted molar refractivity (Wildman–Crippen MR) is 50.1 cm³/mol. The molecule has 1 saturated carbocycles. The summed E-state index contributed by atoms with van der Waals surface area (Å²) in [6.07, 6.45) is 2.65. The fourth-order valence-electron chi connectivity index (χ4n) is 1.56. The number of carbonyl (C=O) groups excluding carboxylic acids is 1. The van der Waals surface area contributed by atoms with Gasteiger partial charge in [0.2, 0.25) is 5.91 Å². The molecule has 0 bridgehead atoms. The molecule has 0 radical (unpaired) electrons. The van der Waals surface area contributed by atoms with Gasteiger partial charge in [-0.2, -0.15) is 0 Å². The van der Waals surface area contributed by atoms with Gasteiger partial charge in [0.1, 0.15) is 6.17 Å². The van der Waals surface area contributed by atoms with Crippen LogP contribution in [-0.2, 0) is 4.79 Å². The molecule has 1 rings (SSSR count). The van der Waals surface area contributed by atoms with Crippen LogP contribution in [0.3, 0.4) is 0 Å². The van der Waals surface area contributed by atoms with Crippen LogP contribution in [-0.4, -0.2) is 18.1 Å². The van der Waals surface area contributed by atoms with E-state index < -0.39 is 6.17 Å². The highest BCUT2D eigenvalue weighted by atomic mass is 19.1. The average molecular weight is 185 g/mol. The lowest BCUT2D eigenvalue weighted by atomic mass is 10.2. The Morgan fingerprint density at radius 3 is 2.62 bits per heavy atom. The summed E-state index contributed by atoms with van der Waals surface area (Å²) in [4.78, 5) is 11.2. The molecule has 1 aliphatic carbocycles. The molecular weight excluding hydrogens is 169 g/mol. The predicted octanol–water partition coefficient (Wildman–Crippen LogP) is 1.96. The van der Waals surface area contributed by atoms with E-state index in [4.69, 9.17) is 0 Å². The molecule has 0 aromatic rings. The van der Waals surface area contributed by atoms with Crippen LogP contribution < -0.4 is 5.32 Å². The minimum absolute atomic E-state index is 0.0399. The van der Waals surface area contributed by atoms with Crippen LogP contribution in [0.5, 0.6) is 0 Å². The second-order valence-corrected chi connectivity index (χ2v) is 3.84. The Morgan fingerprint density at radius 1 is 1.46 bits per heavy atom. The van der Waals surface area contributed by atoms with Crippen molar-refractivity contribution in [2.24, 2.45) is 0 Å². The molecule has 74 valence electrons. The fourth-order valence-corrected chi connectivity index (χ4v) is 1.56. The Balaban J connectivity index is 2.33. The van der Waals surface area contributed by atoms with Crippen molar-refractivity contribution in [3.63, 3.8) is 0 Å². The Kier molecular flexibility index (Phi) is 3.46. The number of hydrogen-bond donors (Lipinski definition) is 1. The van der Waals surface area contributed by atoms with Crippen molar-refractivity contribution in [1.29, 1.82) is 0 Å². The normalized spacial score (nSPS) is 27.0. The van der Waals surface area contributed by atoms with Gasteiger partial charge in [0.25, 0.3) is 0 Å². The molecule has 0 aromatic carbocycles. The van der Waals surface area contributed by atoms with E-state index in [1.165, 1.54) is 0 Å². The van der Waals surface area contributed by atoms with E-state index >= 15 is 0 Å². The van der Waals surface area contributed by atoms with Crippen LogP contribution in [0.15, 0.2) is 11.6 Å². The van der Waals surface area contributed by atoms with Crippen molar-refractivity contribution < 1.29 is 9.18 Å². The van der Waals surface area contributed by atoms with Crippen LogP contribution in [0.2, 0.25) is 0 Å². The summed E-state index contributed by atoms with van der Waals surface area (Å²) >= 11 is 0. The van der Waals surface area contributed by atoms with E-state index in [0.717, 1.165) is 12.0 Å². The molecule has 2 atom stereocenters. The summed E-state index contributed by atoms with van der Waals surface area (Å²) in [7, 11) is 0. The summed E-state index contributed by atoms with van der Waals surface area (Å²) in [5.74, 6) is -0.0981. The average Bonchev–Trinajstić information content (AvgIpc) is 2.33. The quantitative estimate of drug-likeness (QED) is 0.655. The number of amides is 1. The van der Waals surface area contributed by atoms with Crippen LogP contribution in [0.4, 0.5) is 4.39 Å². The molecule has 0 aromatic heterocycles.